The Kier molecular flexibility index (Phi) is 3.66. The van der Waals surface area contributed by atoms with Crippen molar-refractivity contribution in [1.29, 1.82) is 0 Å². The maximum atomic E-state index is 9.63. The molecule has 2 heteroatoms. The molecule has 0 aliphatic carbocycles. The zero-order valence-corrected chi connectivity index (χ0v) is 10.1. The maximum absolute atomic E-state index is 9.63. The van der Waals surface area contributed by atoms with Crippen LogP contribution < -0.4 is 4.74 Å². The van der Waals surface area contributed by atoms with E-state index in [0.717, 1.165) is 22.4 Å². The summed E-state index contributed by atoms with van der Waals surface area (Å²) in [6, 6.07) is 15.3. The lowest BCUT2D eigenvalue weighted by Gasteiger charge is -2.08. The second kappa shape index (κ2) is 5.39. The van der Waals surface area contributed by atoms with Crippen LogP contribution in [0.1, 0.15) is 11.7 Å². The van der Waals surface area contributed by atoms with Crippen molar-refractivity contribution in [1.82, 2.24) is 0 Å². The summed E-state index contributed by atoms with van der Waals surface area (Å²) in [7, 11) is 1.64. The standard InChI is InChI=1S/C16H14O2/c1-3-16(17)14-6-4-5-13(11-14)12-7-9-15(18-2)10-8-12/h1,4-11,16-17H,2H3. The second-order valence-corrected chi connectivity index (χ2v) is 3.92. The first-order valence-corrected chi connectivity index (χ1v) is 5.63. The minimum atomic E-state index is -0.858. The Morgan fingerprint density at radius 1 is 1.11 bits per heavy atom. The van der Waals surface area contributed by atoms with E-state index in [0.29, 0.717) is 0 Å². The molecule has 1 atom stereocenters. The van der Waals surface area contributed by atoms with Gasteiger partial charge in [0.25, 0.3) is 0 Å². The van der Waals surface area contributed by atoms with Gasteiger partial charge in [-0.25, -0.2) is 0 Å². The highest BCUT2D eigenvalue weighted by atomic mass is 16.5. The van der Waals surface area contributed by atoms with E-state index in [-0.39, 0.29) is 0 Å². The summed E-state index contributed by atoms with van der Waals surface area (Å²) in [6.45, 7) is 0. The molecule has 0 aliphatic rings. The van der Waals surface area contributed by atoms with E-state index >= 15 is 0 Å². The van der Waals surface area contributed by atoms with E-state index in [1.807, 2.05) is 48.5 Å². The topological polar surface area (TPSA) is 29.5 Å². The summed E-state index contributed by atoms with van der Waals surface area (Å²) in [5.74, 6) is 3.13. The quantitative estimate of drug-likeness (QED) is 0.833. The van der Waals surface area contributed by atoms with Crippen molar-refractivity contribution in [3.8, 4) is 29.2 Å². The summed E-state index contributed by atoms with van der Waals surface area (Å²) in [6.07, 6.45) is 4.36. The third-order valence-corrected chi connectivity index (χ3v) is 2.78. The van der Waals surface area contributed by atoms with E-state index in [1.54, 1.807) is 7.11 Å². The van der Waals surface area contributed by atoms with E-state index in [4.69, 9.17) is 11.2 Å². The Balaban J connectivity index is 2.35. The number of aliphatic hydroxyl groups is 1. The van der Waals surface area contributed by atoms with Gasteiger partial charge in [0.05, 0.1) is 7.11 Å². The van der Waals surface area contributed by atoms with Crippen molar-refractivity contribution in [2.75, 3.05) is 7.11 Å². The molecule has 2 aromatic carbocycles. The molecular weight excluding hydrogens is 224 g/mol. The lowest BCUT2D eigenvalue weighted by atomic mass is 10.0. The van der Waals surface area contributed by atoms with Crippen molar-refractivity contribution in [3.05, 3.63) is 54.1 Å². The zero-order valence-electron chi connectivity index (χ0n) is 10.1. The number of aliphatic hydroxyl groups excluding tert-OH is 1. The normalized spacial score (nSPS) is 11.6. The Hall–Kier alpha value is -2.24. The van der Waals surface area contributed by atoms with Crippen molar-refractivity contribution in [2.24, 2.45) is 0 Å². The van der Waals surface area contributed by atoms with Crippen molar-refractivity contribution >= 4 is 0 Å². The molecule has 0 amide bonds. The van der Waals surface area contributed by atoms with Gasteiger partial charge in [-0.05, 0) is 34.9 Å². The molecule has 0 saturated heterocycles. The molecule has 2 aromatic rings. The number of benzene rings is 2. The van der Waals surface area contributed by atoms with Crippen LogP contribution >= 0.6 is 0 Å². The van der Waals surface area contributed by atoms with E-state index < -0.39 is 6.10 Å². The molecule has 18 heavy (non-hydrogen) atoms. The van der Waals surface area contributed by atoms with Crippen LogP contribution in [0, 0.1) is 12.3 Å². The Labute approximate surface area is 107 Å². The van der Waals surface area contributed by atoms with Gasteiger partial charge in [-0.1, -0.05) is 36.3 Å². The number of methoxy groups -OCH3 is 1. The molecule has 2 nitrogen and oxygen atoms in total. The SMILES string of the molecule is C#CC(O)c1cccc(-c2ccc(OC)cc2)c1. The van der Waals surface area contributed by atoms with Crippen LogP contribution in [0.15, 0.2) is 48.5 Å². The lowest BCUT2D eigenvalue weighted by Crippen LogP contribution is -1.93. The number of ether oxygens (including phenoxy) is 1. The first-order valence-electron chi connectivity index (χ1n) is 5.63. The molecule has 90 valence electrons. The van der Waals surface area contributed by atoms with E-state index in [9.17, 15) is 5.11 Å². The van der Waals surface area contributed by atoms with Gasteiger partial charge < -0.3 is 9.84 Å². The fraction of sp³-hybridized carbons (Fsp3) is 0.125. The number of terminal acetylenes is 1. The predicted octanol–water partition coefficient (Wildman–Crippen LogP) is 3.03. The van der Waals surface area contributed by atoms with Gasteiger partial charge in [0.1, 0.15) is 11.9 Å². The highest BCUT2D eigenvalue weighted by Gasteiger charge is 2.05. The molecule has 0 bridgehead atoms. The number of hydrogen-bond acceptors (Lipinski definition) is 2. The highest BCUT2D eigenvalue weighted by molar-refractivity contribution is 5.65. The fourth-order valence-electron chi connectivity index (χ4n) is 1.77. The smallest absolute Gasteiger partial charge is 0.140 e. The molecular formula is C16H14O2. The first-order chi connectivity index (χ1) is 8.74. The van der Waals surface area contributed by atoms with Crippen LogP contribution in [0.3, 0.4) is 0 Å². The maximum Gasteiger partial charge on any atom is 0.140 e. The van der Waals surface area contributed by atoms with E-state index in [1.165, 1.54) is 0 Å². The van der Waals surface area contributed by atoms with Crippen LogP contribution in [0.25, 0.3) is 11.1 Å². The molecule has 1 N–H and O–H groups in total. The monoisotopic (exact) mass is 238 g/mol. The fourth-order valence-corrected chi connectivity index (χ4v) is 1.77. The van der Waals surface area contributed by atoms with Gasteiger partial charge in [0, 0.05) is 0 Å². The number of hydrogen-bond donors (Lipinski definition) is 1. The van der Waals surface area contributed by atoms with Crippen molar-refractivity contribution in [2.45, 2.75) is 6.10 Å². The third kappa shape index (κ3) is 2.53. The minimum Gasteiger partial charge on any atom is -0.497 e. The average molecular weight is 238 g/mol. The molecule has 0 spiro atoms. The largest absolute Gasteiger partial charge is 0.497 e. The average Bonchev–Trinajstić information content (AvgIpc) is 2.46. The third-order valence-electron chi connectivity index (χ3n) is 2.78. The van der Waals surface area contributed by atoms with Crippen LogP contribution in [0.4, 0.5) is 0 Å². The Bertz CT molecular complexity index is 564. The summed E-state index contributed by atoms with van der Waals surface area (Å²) in [5, 5.41) is 9.63. The number of rotatable bonds is 3. The zero-order chi connectivity index (χ0) is 13.0. The molecule has 0 saturated carbocycles. The molecule has 2 rings (SSSR count). The minimum absolute atomic E-state index is 0.728. The molecule has 0 fully saturated rings. The molecule has 0 radical (unpaired) electrons. The van der Waals surface area contributed by atoms with Gasteiger partial charge >= 0.3 is 0 Å². The van der Waals surface area contributed by atoms with Crippen molar-refractivity contribution < 1.29 is 9.84 Å². The van der Waals surface area contributed by atoms with Crippen LogP contribution in [0.2, 0.25) is 0 Å². The molecule has 0 heterocycles. The molecule has 0 aliphatic heterocycles. The van der Waals surface area contributed by atoms with Gasteiger partial charge in [-0.2, -0.15) is 0 Å². The second-order valence-electron chi connectivity index (χ2n) is 3.92. The van der Waals surface area contributed by atoms with Crippen LogP contribution in [0.5, 0.6) is 5.75 Å². The van der Waals surface area contributed by atoms with Crippen molar-refractivity contribution in [3.63, 3.8) is 0 Å². The van der Waals surface area contributed by atoms with Gasteiger partial charge in [-0.3, -0.25) is 0 Å². The summed E-state index contributed by atoms with van der Waals surface area (Å²) in [4.78, 5) is 0. The summed E-state index contributed by atoms with van der Waals surface area (Å²) >= 11 is 0. The van der Waals surface area contributed by atoms with Crippen LogP contribution in [-0.4, -0.2) is 12.2 Å². The van der Waals surface area contributed by atoms with Gasteiger partial charge in [0.15, 0.2) is 0 Å². The first kappa shape index (κ1) is 12.2. The lowest BCUT2D eigenvalue weighted by molar-refractivity contribution is 0.238. The van der Waals surface area contributed by atoms with Gasteiger partial charge in [-0.15, -0.1) is 6.42 Å². The predicted molar refractivity (Wildman–Crippen MR) is 72.2 cm³/mol. The summed E-state index contributed by atoms with van der Waals surface area (Å²) < 4.78 is 5.12. The van der Waals surface area contributed by atoms with E-state index in [2.05, 4.69) is 5.92 Å². The van der Waals surface area contributed by atoms with Crippen LogP contribution in [-0.2, 0) is 0 Å². The molecule has 1 unspecified atom stereocenters. The van der Waals surface area contributed by atoms with Gasteiger partial charge in [0.2, 0.25) is 0 Å². The highest BCUT2D eigenvalue weighted by Crippen LogP contribution is 2.25. The molecule has 0 aromatic heterocycles. The Morgan fingerprint density at radius 3 is 2.44 bits per heavy atom. The Morgan fingerprint density at radius 2 is 1.83 bits per heavy atom. The summed E-state index contributed by atoms with van der Waals surface area (Å²) in [5.41, 5.74) is 2.80.